The number of nitrogens with one attached hydrogen (secondary N) is 4. The summed E-state index contributed by atoms with van der Waals surface area (Å²) in [5, 5.41) is 8.02. The summed E-state index contributed by atoms with van der Waals surface area (Å²) in [4.78, 5) is 102. The second-order valence-corrected chi connectivity index (χ2v) is 17.6. The summed E-state index contributed by atoms with van der Waals surface area (Å²) in [6, 6.07) is 18.8. The van der Waals surface area contributed by atoms with Crippen LogP contribution < -0.4 is 42.6 Å². The van der Waals surface area contributed by atoms with Gasteiger partial charge in [-0.3, -0.25) is 38.3 Å². The minimum absolute atomic E-state index is 0.00391. The third kappa shape index (κ3) is 16.7. The molecule has 1 atom stereocenters. The number of carbonyl (C=O) groups is 6. The highest BCUT2D eigenvalue weighted by Crippen LogP contribution is 2.26. The van der Waals surface area contributed by atoms with Gasteiger partial charge in [0, 0.05) is 49.5 Å². The van der Waals surface area contributed by atoms with Crippen LogP contribution in [0.15, 0.2) is 83.7 Å². The van der Waals surface area contributed by atoms with Crippen molar-refractivity contribution in [1.82, 2.24) is 40.0 Å². The molecule has 8 N–H and O–H groups in total. The Bertz CT molecular complexity index is 2870. The number of aromatic amines is 1. The Kier molecular flexibility index (Phi) is 21.4. The number of nitrogens with zero attached hydrogens (tertiary/aromatic N) is 5. The summed E-state index contributed by atoms with van der Waals surface area (Å²) >= 11 is 0. The van der Waals surface area contributed by atoms with Gasteiger partial charge in [-0.15, -0.1) is 0 Å². The number of amides is 6. The summed E-state index contributed by atoms with van der Waals surface area (Å²) in [7, 11) is 1.51. The van der Waals surface area contributed by atoms with Gasteiger partial charge in [-0.1, -0.05) is 62.4 Å². The smallest absolute Gasteiger partial charge is 0.410 e. The summed E-state index contributed by atoms with van der Waals surface area (Å²) in [5.41, 5.74) is 16.3. The van der Waals surface area contributed by atoms with Crippen molar-refractivity contribution in [3.63, 3.8) is 0 Å². The van der Waals surface area contributed by atoms with Gasteiger partial charge in [-0.2, -0.15) is 9.97 Å². The minimum Gasteiger partial charge on any atom is -0.496 e. The molecule has 1 aliphatic heterocycles. The standard InChI is InChI=1S/C52H65N11O13/c1-5-75-50-59-47(54)46-48(60-50)63(51(69)58-46)31-38-13-10-37(26-40(38)71-4)30-61(29-35-8-6-34(27-53)7-9-35)52(70)76-32-36-11-14-39(15-12-36)56-42(65)28-55-49(68)45(33(2)3)57-41(64)18-20-72-22-24-74-25-23-73-21-19-62-43(66)16-17-44(62)67/h6-17,26,33,45H,5,18-25,27-32,53H2,1-4H3,(H,55,68)(H,56,65)(H,57,64)(H,58,69)(H2,54,59,60). The maximum absolute atomic E-state index is 13.8. The first-order valence-electron chi connectivity index (χ1n) is 24.6. The van der Waals surface area contributed by atoms with Crippen molar-refractivity contribution in [1.29, 1.82) is 0 Å². The third-order valence-electron chi connectivity index (χ3n) is 11.7. The molecule has 406 valence electrons. The van der Waals surface area contributed by atoms with Gasteiger partial charge in [0.05, 0.1) is 73.0 Å². The molecule has 0 saturated carbocycles. The molecule has 0 spiro atoms. The quantitative estimate of drug-likeness (QED) is 0.0284. The van der Waals surface area contributed by atoms with Crippen LogP contribution >= 0.6 is 0 Å². The van der Waals surface area contributed by atoms with Crippen molar-refractivity contribution in [2.75, 3.05) is 77.5 Å². The van der Waals surface area contributed by atoms with Gasteiger partial charge in [0.1, 0.15) is 23.9 Å². The number of imide groups is 1. The lowest BCUT2D eigenvalue weighted by atomic mass is 10.0. The molecular formula is C52H65N11O13. The number of rotatable bonds is 30. The van der Waals surface area contributed by atoms with Crippen LogP contribution in [0.1, 0.15) is 55.0 Å². The Morgan fingerprint density at radius 2 is 1.42 bits per heavy atom. The zero-order chi connectivity index (χ0) is 54.6. The average molecular weight is 1050 g/mol. The predicted molar refractivity (Wildman–Crippen MR) is 277 cm³/mol. The SMILES string of the molecule is CCOc1nc(N)c2[nH]c(=O)n(Cc3ccc(CN(Cc4ccc(CN)cc4)C(=O)OCc4ccc(NC(=O)CNC(=O)C(NC(=O)CCOCCOCCOCCN5C(=O)C=CC5=O)C(C)C)cc4)cc3OC)c2n1. The number of H-pyrrole nitrogens is 1. The molecule has 24 nitrogen and oxygen atoms in total. The van der Waals surface area contributed by atoms with Crippen LogP contribution in [0.2, 0.25) is 0 Å². The van der Waals surface area contributed by atoms with E-state index in [2.05, 4.69) is 30.9 Å². The third-order valence-corrected chi connectivity index (χ3v) is 11.7. The van der Waals surface area contributed by atoms with E-state index in [0.717, 1.165) is 21.6 Å². The highest BCUT2D eigenvalue weighted by Gasteiger charge is 2.26. The van der Waals surface area contributed by atoms with Gasteiger partial charge >= 0.3 is 17.8 Å². The van der Waals surface area contributed by atoms with E-state index in [-0.39, 0.29) is 126 Å². The number of benzene rings is 3. The maximum atomic E-state index is 13.8. The highest BCUT2D eigenvalue weighted by molar-refractivity contribution is 6.12. The van der Waals surface area contributed by atoms with Gasteiger partial charge in [-0.25, -0.2) is 9.59 Å². The maximum Gasteiger partial charge on any atom is 0.410 e. The first-order chi connectivity index (χ1) is 36.6. The summed E-state index contributed by atoms with van der Waals surface area (Å²) < 4.78 is 34.7. The molecule has 1 aliphatic rings. The topological polar surface area (TPSA) is 316 Å². The second kappa shape index (κ2) is 28.5. The first-order valence-corrected chi connectivity index (χ1v) is 24.6. The van der Waals surface area contributed by atoms with Crippen LogP contribution in [0.5, 0.6) is 11.8 Å². The van der Waals surface area contributed by atoms with E-state index in [1.807, 2.05) is 30.3 Å². The molecule has 3 heterocycles. The Morgan fingerprint density at radius 1 is 0.789 bits per heavy atom. The van der Waals surface area contributed by atoms with E-state index in [1.54, 1.807) is 62.1 Å². The second-order valence-electron chi connectivity index (χ2n) is 17.6. The molecular weight excluding hydrogens is 987 g/mol. The summed E-state index contributed by atoms with van der Waals surface area (Å²) in [6.07, 6.45) is 1.83. The van der Waals surface area contributed by atoms with Gasteiger partial charge in [0.15, 0.2) is 11.5 Å². The number of carbonyl (C=O) groups excluding carboxylic acids is 6. The van der Waals surface area contributed by atoms with Crippen LogP contribution in [0.25, 0.3) is 11.2 Å². The van der Waals surface area contributed by atoms with Crippen molar-refractivity contribution < 1.29 is 57.2 Å². The Morgan fingerprint density at radius 3 is 2.08 bits per heavy atom. The molecule has 3 aromatic carbocycles. The number of hydrogen-bond acceptors (Lipinski definition) is 17. The minimum atomic E-state index is -0.901. The number of ether oxygens (including phenoxy) is 6. The molecule has 1 unspecified atom stereocenters. The largest absolute Gasteiger partial charge is 0.496 e. The van der Waals surface area contributed by atoms with Crippen molar-refractivity contribution in [2.24, 2.45) is 11.7 Å². The normalized spacial score (nSPS) is 12.5. The fourth-order valence-electron chi connectivity index (χ4n) is 7.66. The van der Waals surface area contributed by atoms with E-state index in [4.69, 9.17) is 39.9 Å². The van der Waals surface area contributed by atoms with Crippen LogP contribution in [0, 0.1) is 5.92 Å². The molecule has 6 amide bonds. The number of imidazole rings is 1. The molecule has 76 heavy (non-hydrogen) atoms. The number of nitrogens with two attached hydrogens (primary N) is 2. The Labute approximate surface area is 438 Å². The van der Waals surface area contributed by atoms with Gasteiger partial charge in [0.25, 0.3) is 11.8 Å². The zero-order valence-corrected chi connectivity index (χ0v) is 43.0. The van der Waals surface area contributed by atoms with Crippen LogP contribution in [0.4, 0.5) is 16.3 Å². The van der Waals surface area contributed by atoms with Crippen molar-refractivity contribution in [3.8, 4) is 11.8 Å². The van der Waals surface area contributed by atoms with Crippen molar-refractivity contribution >= 4 is 58.3 Å². The molecule has 2 aromatic heterocycles. The van der Waals surface area contributed by atoms with Gasteiger partial charge in [0.2, 0.25) is 17.7 Å². The number of aromatic nitrogens is 4. The average Bonchev–Trinajstić information content (AvgIpc) is 3.91. The molecule has 5 aromatic rings. The summed E-state index contributed by atoms with van der Waals surface area (Å²) in [5.74, 6) is -1.90. The molecule has 6 rings (SSSR count). The molecule has 24 heteroatoms. The lowest BCUT2D eigenvalue weighted by Crippen LogP contribution is -2.51. The van der Waals surface area contributed by atoms with E-state index < -0.39 is 35.5 Å². The molecule has 0 bridgehead atoms. The number of methoxy groups -OCH3 is 1. The van der Waals surface area contributed by atoms with E-state index in [1.165, 1.54) is 23.8 Å². The van der Waals surface area contributed by atoms with E-state index >= 15 is 0 Å². The van der Waals surface area contributed by atoms with Crippen LogP contribution in [0.3, 0.4) is 0 Å². The van der Waals surface area contributed by atoms with Gasteiger partial charge in [-0.05, 0) is 53.3 Å². The lowest BCUT2D eigenvalue weighted by Gasteiger charge is -2.23. The Hall–Kier alpha value is -8.19. The molecule has 0 aliphatic carbocycles. The van der Waals surface area contributed by atoms with Crippen LogP contribution in [-0.4, -0.2) is 137 Å². The number of anilines is 2. The van der Waals surface area contributed by atoms with Gasteiger partial charge < -0.3 is 60.8 Å². The monoisotopic (exact) mass is 1050 g/mol. The zero-order valence-electron chi connectivity index (χ0n) is 43.0. The lowest BCUT2D eigenvalue weighted by molar-refractivity contribution is -0.137. The van der Waals surface area contributed by atoms with Crippen molar-refractivity contribution in [3.05, 3.63) is 117 Å². The molecule has 0 saturated heterocycles. The number of fused-ring (bicyclic) bond motifs is 1. The number of nitrogen functional groups attached to an aromatic ring is 1. The highest BCUT2D eigenvalue weighted by atomic mass is 16.6. The number of hydrogen-bond donors (Lipinski definition) is 6. The first kappa shape index (κ1) is 57.1. The Balaban J connectivity index is 0.941. The van der Waals surface area contributed by atoms with E-state index in [9.17, 15) is 33.6 Å². The fraction of sp³-hybridized carbons (Fsp3) is 0.404. The molecule has 0 fully saturated rings. The molecule has 0 radical (unpaired) electrons. The van der Waals surface area contributed by atoms with Crippen LogP contribution in [-0.2, 0) is 75.7 Å². The van der Waals surface area contributed by atoms with E-state index in [0.29, 0.717) is 35.7 Å². The van der Waals surface area contributed by atoms with Crippen molar-refractivity contribution in [2.45, 2.75) is 66.0 Å². The predicted octanol–water partition coefficient (Wildman–Crippen LogP) is 2.52. The fourth-order valence-corrected chi connectivity index (χ4v) is 7.66. The summed E-state index contributed by atoms with van der Waals surface area (Å²) in [6.45, 7) is 7.45.